The van der Waals surface area contributed by atoms with Gasteiger partial charge in [-0.1, -0.05) is 12.1 Å². The van der Waals surface area contributed by atoms with Crippen molar-refractivity contribution in [1.29, 1.82) is 0 Å². The SMILES string of the molecule is CC1(n2cc(Nc3ccc4c5c(cccc35)C(=O)N4C3CCC(=O)NC3=O)cn2)CCN(C(=O)C23C4C5C6C4C2C6C53)CC1. The van der Waals surface area contributed by atoms with Crippen LogP contribution in [0.2, 0.25) is 0 Å². The Labute approximate surface area is 253 Å². The second-order valence-corrected chi connectivity index (χ2v) is 14.9. The van der Waals surface area contributed by atoms with Crippen molar-refractivity contribution in [3.8, 4) is 0 Å². The minimum Gasteiger partial charge on any atom is -0.352 e. The number of carbonyl (C=O) groups is 4. The molecule has 10 heteroatoms. The molecule has 4 amide bonds. The Kier molecular flexibility index (Phi) is 4.04. The molecule has 2 aromatic carbocycles. The van der Waals surface area contributed by atoms with Crippen LogP contribution in [0.5, 0.6) is 0 Å². The number of aromatic nitrogens is 2. The Morgan fingerprint density at radius 1 is 1.00 bits per heavy atom. The second kappa shape index (κ2) is 7.35. The lowest BCUT2D eigenvalue weighted by Gasteiger charge is -3.06. The lowest BCUT2D eigenvalue weighted by molar-refractivity contribution is -0.597. The number of rotatable bonds is 5. The third kappa shape index (κ3) is 2.37. The molecule has 2 N–H and O–H groups in total. The predicted molar refractivity (Wildman–Crippen MR) is 159 cm³/mol. The number of amides is 4. The Bertz CT molecular complexity index is 1870. The van der Waals surface area contributed by atoms with E-state index in [2.05, 4.69) is 27.1 Å². The number of imide groups is 1. The average molecular weight is 589 g/mol. The summed E-state index contributed by atoms with van der Waals surface area (Å²) in [5.41, 5.74) is 2.86. The van der Waals surface area contributed by atoms with Gasteiger partial charge in [0.2, 0.25) is 17.7 Å². The van der Waals surface area contributed by atoms with Crippen molar-refractivity contribution in [2.75, 3.05) is 23.3 Å². The zero-order valence-electron chi connectivity index (χ0n) is 24.3. The van der Waals surface area contributed by atoms with Gasteiger partial charge in [0.1, 0.15) is 6.04 Å². The van der Waals surface area contributed by atoms with Gasteiger partial charge in [0, 0.05) is 47.7 Å². The number of carbonyl (C=O) groups excluding carboxylic acids is 4. The standard InChI is InChI=1S/C34H32N6O4/c1-33(9-11-38(12-10-33)32(44)34-27-24-23-25(27)29(34)26(23)28(24)34)39-14-15(13-35-39)36-18-5-6-19-22-16(18)3-2-4-17(22)31(43)40(19)20-7-8-21(41)37-30(20)42/h2-6,13-14,20,23-29,36H,7-12H2,1H3,(H,37,41,42). The number of nitrogens with one attached hydrogen (secondary N) is 2. The Morgan fingerprint density at radius 3 is 2.48 bits per heavy atom. The van der Waals surface area contributed by atoms with Crippen LogP contribution in [0, 0.1) is 46.8 Å². The Balaban J connectivity index is 0.825. The molecular formula is C34H32N6O4. The van der Waals surface area contributed by atoms with E-state index in [-0.39, 0.29) is 29.2 Å². The van der Waals surface area contributed by atoms with Gasteiger partial charge in [-0.15, -0.1) is 0 Å². The summed E-state index contributed by atoms with van der Waals surface area (Å²) in [6.45, 7) is 3.83. The van der Waals surface area contributed by atoms with Crippen molar-refractivity contribution in [2.24, 2.45) is 46.8 Å². The number of anilines is 3. The quantitative estimate of drug-likeness (QED) is 0.442. The zero-order valence-corrected chi connectivity index (χ0v) is 24.3. The molecule has 44 heavy (non-hydrogen) atoms. The molecule has 3 aliphatic heterocycles. The van der Waals surface area contributed by atoms with E-state index in [1.54, 1.807) is 11.0 Å². The summed E-state index contributed by atoms with van der Waals surface area (Å²) in [4.78, 5) is 55.3. The normalized spacial score (nSPS) is 39.1. The van der Waals surface area contributed by atoms with Crippen LogP contribution in [0.3, 0.4) is 0 Å². The molecule has 0 spiro atoms. The van der Waals surface area contributed by atoms with Crippen LogP contribution >= 0.6 is 0 Å². The van der Waals surface area contributed by atoms with Crippen molar-refractivity contribution in [1.82, 2.24) is 20.0 Å². The first kappa shape index (κ1) is 24.2. The van der Waals surface area contributed by atoms with E-state index in [1.807, 2.05) is 36.7 Å². The van der Waals surface area contributed by atoms with Crippen LogP contribution in [0.15, 0.2) is 42.7 Å². The molecule has 0 bridgehead atoms. The van der Waals surface area contributed by atoms with E-state index in [0.29, 0.717) is 23.6 Å². The number of likely N-dealkylation sites (tertiary alicyclic amines) is 1. The van der Waals surface area contributed by atoms with E-state index in [4.69, 9.17) is 5.10 Å². The highest BCUT2D eigenvalue weighted by Gasteiger charge is 3.06. The third-order valence-corrected chi connectivity index (χ3v) is 13.6. The topological polar surface area (TPSA) is 117 Å². The van der Waals surface area contributed by atoms with Gasteiger partial charge in [0.05, 0.1) is 28.5 Å². The van der Waals surface area contributed by atoms with E-state index in [0.717, 1.165) is 89.5 Å². The minimum atomic E-state index is -0.712. The van der Waals surface area contributed by atoms with Gasteiger partial charge >= 0.3 is 0 Å². The predicted octanol–water partition coefficient (Wildman–Crippen LogP) is 3.25. The summed E-state index contributed by atoms with van der Waals surface area (Å²) < 4.78 is 2.05. The largest absolute Gasteiger partial charge is 0.352 e. The van der Waals surface area contributed by atoms with Gasteiger partial charge in [0.15, 0.2) is 0 Å². The summed E-state index contributed by atoms with van der Waals surface area (Å²) in [5.74, 6) is 5.56. The fraction of sp³-hybridized carbons (Fsp3) is 0.500. The number of piperidine rings is 2. The van der Waals surface area contributed by atoms with Crippen molar-refractivity contribution < 1.29 is 19.2 Å². The van der Waals surface area contributed by atoms with Crippen LogP contribution in [0.25, 0.3) is 10.8 Å². The second-order valence-electron chi connectivity index (χ2n) is 14.9. The van der Waals surface area contributed by atoms with Crippen molar-refractivity contribution in [3.05, 3.63) is 48.3 Å². The third-order valence-electron chi connectivity index (χ3n) is 13.6. The maximum absolute atomic E-state index is 13.7. The first-order valence-electron chi connectivity index (χ1n) is 16.2. The summed E-state index contributed by atoms with van der Waals surface area (Å²) in [6.07, 6.45) is 6.16. The molecule has 6 saturated carbocycles. The molecule has 4 heterocycles. The van der Waals surface area contributed by atoms with Crippen LogP contribution in [-0.4, -0.2) is 57.4 Å². The minimum absolute atomic E-state index is 0.0778. The number of nitrogens with zero attached hydrogens (tertiary/aromatic N) is 4. The number of benzene rings is 2. The van der Waals surface area contributed by atoms with Crippen molar-refractivity contribution in [3.63, 3.8) is 0 Å². The number of hydrogen-bond acceptors (Lipinski definition) is 6. The van der Waals surface area contributed by atoms with Crippen molar-refractivity contribution >= 4 is 51.5 Å². The highest BCUT2D eigenvalue weighted by molar-refractivity contribution is 6.28. The Hall–Kier alpha value is -4.21. The molecule has 222 valence electrons. The molecule has 1 atom stereocenters. The molecule has 6 aliphatic carbocycles. The highest BCUT2D eigenvalue weighted by atomic mass is 16.2. The van der Waals surface area contributed by atoms with Gasteiger partial charge < -0.3 is 10.2 Å². The molecule has 3 aromatic rings. The first-order chi connectivity index (χ1) is 21.3. The number of hydrogen-bond donors (Lipinski definition) is 2. The van der Waals surface area contributed by atoms with Gasteiger partial charge in [-0.3, -0.25) is 34.1 Å². The summed E-state index contributed by atoms with van der Waals surface area (Å²) >= 11 is 0. The van der Waals surface area contributed by atoms with E-state index >= 15 is 0 Å². The molecule has 0 radical (unpaired) electrons. The lowest BCUT2D eigenvalue weighted by atomic mass is 8.96. The van der Waals surface area contributed by atoms with Gasteiger partial charge in [-0.2, -0.15) is 5.10 Å². The molecule has 12 rings (SSSR count). The van der Waals surface area contributed by atoms with Crippen LogP contribution < -0.4 is 15.5 Å². The lowest BCUT2D eigenvalue weighted by Crippen LogP contribution is -3.07. The first-order valence-corrected chi connectivity index (χ1v) is 16.2. The molecule has 2 saturated heterocycles. The van der Waals surface area contributed by atoms with Gasteiger partial charge in [0.25, 0.3) is 5.91 Å². The molecular weight excluding hydrogens is 556 g/mol. The van der Waals surface area contributed by atoms with Crippen LogP contribution in [0.4, 0.5) is 17.1 Å². The monoisotopic (exact) mass is 588 g/mol. The van der Waals surface area contributed by atoms with Crippen LogP contribution in [0.1, 0.15) is 43.0 Å². The van der Waals surface area contributed by atoms with Gasteiger partial charge in [-0.05, 0) is 85.8 Å². The zero-order chi connectivity index (χ0) is 29.4. The summed E-state index contributed by atoms with van der Waals surface area (Å²) in [5, 5.41) is 12.4. The molecule has 8 fully saturated rings. The van der Waals surface area contributed by atoms with E-state index < -0.39 is 11.9 Å². The van der Waals surface area contributed by atoms with Crippen molar-refractivity contribution in [2.45, 2.75) is 44.2 Å². The fourth-order valence-corrected chi connectivity index (χ4v) is 11.7. The molecule has 1 aromatic heterocycles. The summed E-state index contributed by atoms with van der Waals surface area (Å²) in [7, 11) is 0. The highest BCUT2D eigenvalue weighted by Crippen LogP contribution is 3.06. The van der Waals surface area contributed by atoms with Gasteiger partial charge in [-0.25, -0.2) is 0 Å². The Morgan fingerprint density at radius 2 is 1.75 bits per heavy atom. The average Bonchev–Trinajstić information content (AvgIpc) is 3.63. The fourth-order valence-electron chi connectivity index (χ4n) is 11.7. The summed E-state index contributed by atoms with van der Waals surface area (Å²) in [6, 6.07) is 8.74. The van der Waals surface area contributed by atoms with E-state index in [1.165, 1.54) is 0 Å². The molecule has 10 nitrogen and oxygen atoms in total. The van der Waals surface area contributed by atoms with Crippen LogP contribution in [-0.2, 0) is 19.9 Å². The van der Waals surface area contributed by atoms with E-state index in [9.17, 15) is 19.2 Å². The molecule has 1 unspecified atom stereocenters. The molecule has 9 aliphatic rings. The maximum Gasteiger partial charge on any atom is 0.259 e. The smallest absolute Gasteiger partial charge is 0.259 e. The maximum atomic E-state index is 13.7.